The molecule has 0 aliphatic carbocycles. The molecule has 92 valence electrons. The minimum Gasteiger partial charge on any atom is -0.329 e. The maximum absolute atomic E-state index is 5.94. The number of hydrogen-bond donors (Lipinski definition) is 1. The van der Waals surface area contributed by atoms with E-state index in [1.165, 1.54) is 11.3 Å². The second-order valence-corrected chi connectivity index (χ2v) is 5.96. The molecule has 2 N–H and O–H groups in total. The Morgan fingerprint density at radius 2 is 2.19 bits per heavy atom. The third-order valence-electron chi connectivity index (χ3n) is 2.73. The number of thiophene rings is 1. The summed E-state index contributed by atoms with van der Waals surface area (Å²) < 4.78 is 0. The standard InChI is InChI=1S/C12H21ClN2S/c1-9(2)4-5-15(3)11(7-14)12-6-10(13)8-16-12/h6,8-9,11H,4-5,7,14H2,1-3H3. The van der Waals surface area contributed by atoms with E-state index in [0.29, 0.717) is 12.6 Å². The molecule has 0 spiro atoms. The number of likely N-dealkylation sites (N-methyl/N-ethyl adjacent to an activating group) is 1. The predicted molar refractivity (Wildman–Crippen MR) is 73.2 cm³/mol. The van der Waals surface area contributed by atoms with E-state index < -0.39 is 0 Å². The molecule has 2 nitrogen and oxygen atoms in total. The van der Waals surface area contributed by atoms with Gasteiger partial charge < -0.3 is 5.73 Å². The normalized spacial score (nSPS) is 13.7. The highest BCUT2D eigenvalue weighted by atomic mass is 35.5. The Kier molecular flexibility index (Phi) is 5.76. The molecule has 1 atom stereocenters. The summed E-state index contributed by atoms with van der Waals surface area (Å²) in [4.78, 5) is 3.58. The van der Waals surface area contributed by atoms with E-state index in [9.17, 15) is 0 Å². The average Bonchev–Trinajstić information content (AvgIpc) is 2.63. The highest BCUT2D eigenvalue weighted by Crippen LogP contribution is 2.28. The van der Waals surface area contributed by atoms with Gasteiger partial charge in [-0.1, -0.05) is 25.4 Å². The Morgan fingerprint density at radius 1 is 1.50 bits per heavy atom. The van der Waals surface area contributed by atoms with Crippen molar-refractivity contribution < 1.29 is 0 Å². The molecule has 4 heteroatoms. The second kappa shape index (κ2) is 6.60. The van der Waals surface area contributed by atoms with E-state index >= 15 is 0 Å². The van der Waals surface area contributed by atoms with Crippen molar-refractivity contribution >= 4 is 22.9 Å². The molecular weight excluding hydrogens is 240 g/mol. The van der Waals surface area contributed by atoms with Crippen molar-refractivity contribution in [3.8, 4) is 0 Å². The van der Waals surface area contributed by atoms with Crippen LogP contribution >= 0.6 is 22.9 Å². The monoisotopic (exact) mass is 260 g/mol. The van der Waals surface area contributed by atoms with Crippen molar-refractivity contribution in [3.63, 3.8) is 0 Å². The van der Waals surface area contributed by atoms with Crippen LogP contribution in [0, 0.1) is 5.92 Å². The largest absolute Gasteiger partial charge is 0.329 e. The number of rotatable bonds is 6. The fraction of sp³-hybridized carbons (Fsp3) is 0.667. The van der Waals surface area contributed by atoms with Crippen molar-refractivity contribution in [3.05, 3.63) is 21.3 Å². The summed E-state index contributed by atoms with van der Waals surface area (Å²) in [7, 11) is 2.13. The van der Waals surface area contributed by atoms with E-state index in [0.717, 1.165) is 17.5 Å². The van der Waals surface area contributed by atoms with Crippen molar-refractivity contribution in [2.24, 2.45) is 11.7 Å². The quantitative estimate of drug-likeness (QED) is 0.850. The van der Waals surface area contributed by atoms with Gasteiger partial charge in [0.2, 0.25) is 0 Å². The molecule has 1 unspecified atom stereocenters. The molecule has 1 heterocycles. The van der Waals surface area contributed by atoms with Crippen LogP contribution in [0.15, 0.2) is 11.4 Å². The van der Waals surface area contributed by atoms with Crippen LogP contribution in [-0.4, -0.2) is 25.0 Å². The van der Waals surface area contributed by atoms with Gasteiger partial charge in [0.15, 0.2) is 0 Å². The molecule has 0 saturated heterocycles. The van der Waals surface area contributed by atoms with Crippen LogP contribution in [0.1, 0.15) is 31.2 Å². The van der Waals surface area contributed by atoms with Gasteiger partial charge in [0.25, 0.3) is 0 Å². The first-order valence-corrected chi connectivity index (χ1v) is 6.94. The molecule has 0 aromatic carbocycles. The fourth-order valence-corrected chi connectivity index (χ4v) is 2.89. The van der Waals surface area contributed by atoms with Crippen molar-refractivity contribution in [1.29, 1.82) is 0 Å². The lowest BCUT2D eigenvalue weighted by atomic mass is 10.1. The molecule has 0 aliphatic heterocycles. The van der Waals surface area contributed by atoms with Gasteiger partial charge in [0, 0.05) is 16.8 Å². The van der Waals surface area contributed by atoms with Gasteiger partial charge in [-0.15, -0.1) is 11.3 Å². The summed E-state index contributed by atoms with van der Waals surface area (Å²) in [5.74, 6) is 0.729. The van der Waals surface area contributed by atoms with Crippen LogP contribution in [0.4, 0.5) is 0 Å². The molecule has 0 bridgehead atoms. The molecular formula is C12H21ClN2S. The Hall–Kier alpha value is -0.0900. The Balaban J connectivity index is 2.59. The lowest BCUT2D eigenvalue weighted by Crippen LogP contribution is -2.31. The SMILES string of the molecule is CC(C)CCN(C)C(CN)c1cc(Cl)cs1. The number of halogens is 1. The minimum atomic E-state index is 0.302. The Bertz CT molecular complexity index is 312. The Morgan fingerprint density at radius 3 is 2.62 bits per heavy atom. The lowest BCUT2D eigenvalue weighted by Gasteiger charge is -2.26. The van der Waals surface area contributed by atoms with E-state index in [1.807, 2.05) is 11.4 Å². The van der Waals surface area contributed by atoms with Crippen molar-refractivity contribution in [2.75, 3.05) is 20.1 Å². The minimum absolute atomic E-state index is 0.302. The van der Waals surface area contributed by atoms with E-state index in [1.54, 1.807) is 11.3 Å². The summed E-state index contributed by atoms with van der Waals surface area (Å²) in [5.41, 5.74) is 5.84. The van der Waals surface area contributed by atoms with Crippen LogP contribution in [-0.2, 0) is 0 Å². The fourth-order valence-electron chi connectivity index (χ4n) is 1.63. The van der Waals surface area contributed by atoms with E-state index in [2.05, 4.69) is 25.8 Å². The third-order valence-corrected chi connectivity index (χ3v) is 4.11. The maximum atomic E-state index is 5.94. The zero-order valence-corrected chi connectivity index (χ0v) is 11.8. The first kappa shape index (κ1) is 14.0. The molecule has 0 aliphatic rings. The van der Waals surface area contributed by atoms with Crippen LogP contribution in [0.25, 0.3) is 0 Å². The van der Waals surface area contributed by atoms with Crippen LogP contribution < -0.4 is 5.73 Å². The molecule has 0 fully saturated rings. The summed E-state index contributed by atoms with van der Waals surface area (Å²) in [5, 5.41) is 2.78. The van der Waals surface area contributed by atoms with Crippen molar-refractivity contribution in [1.82, 2.24) is 4.90 Å². The topological polar surface area (TPSA) is 29.3 Å². The molecule has 1 aromatic rings. The molecule has 1 rings (SSSR count). The van der Waals surface area contributed by atoms with Gasteiger partial charge in [0.05, 0.1) is 11.1 Å². The zero-order valence-electron chi connectivity index (χ0n) is 10.2. The van der Waals surface area contributed by atoms with Gasteiger partial charge in [-0.25, -0.2) is 0 Å². The predicted octanol–water partition coefficient (Wildman–Crippen LogP) is 3.38. The highest BCUT2D eigenvalue weighted by molar-refractivity contribution is 7.10. The summed E-state index contributed by atoms with van der Waals surface area (Å²) >= 11 is 7.64. The summed E-state index contributed by atoms with van der Waals surface area (Å²) in [6, 6.07) is 2.33. The first-order chi connectivity index (χ1) is 7.54. The smallest absolute Gasteiger partial charge is 0.0562 e. The summed E-state index contributed by atoms with van der Waals surface area (Å²) in [6.45, 7) is 6.21. The third kappa shape index (κ3) is 4.06. The highest BCUT2D eigenvalue weighted by Gasteiger charge is 2.17. The van der Waals surface area contributed by atoms with E-state index in [4.69, 9.17) is 17.3 Å². The molecule has 16 heavy (non-hydrogen) atoms. The Labute approximate surface area is 107 Å². The maximum Gasteiger partial charge on any atom is 0.0562 e. The van der Waals surface area contributed by atoms with E-state index in [-0.39, 0.29) is 0 Å². The van der Waals surface area contributed by atoms with Gasteiger partial charge >= 0.3 is 0 Å². The average molecular weight is 261 g/mol. The van der Waals surface area contributed by atoms with Gasteiger partial charge in [-0.05, 0) is 32.0 Å². The molecule has 0 radical (unpaired) electrons. The zero-order chi connectivity index (χ0) is 12.1. The van der Waals surface area contributed by atoms with Gasteiger partial charge in [-0.2, -0.15) is 0 Å². The van der Waals surface area contributed by atoms with Crippen LogP contribution in [0.2, 0.25) is 5.02 Å². The first-order valence-electron chi connectivity index (χ1n) is 5.68. The lowest BCUT2D eigenvalue weighted by molar-refractivity contribution is 0.239. The molecule has 1 aromatic heterocycles. The van der Waals surface area contributed by atoms with Gasteiger partial charge in [-0.3, -0.25) is 4.90 Å². The van der Waals surface area contributed by atoms with Crippen molar-refractivity contribution in [2.45, 2.75) is 26.3 Å². The second-order valence-electron chi connectivity index (χ2n) is 4.58. The number of hydrogen-bond acceptors (Lipinski definition) is 3. The summed E-state index contributed by atoms with van der Waals surface area (Å²) in [6.07, 6.45) is 1.20. The van der Waals surface area contributed by atoms with Gasteiger partial charge in [0.1, 0.15) is 0 Å². The van der Waals surface area contributed by atoms with Crippen LogP contribution in [0.5, 0.6) is 0 Å². The molecule has 0 amide bonds. The van der Waals surface area contributed by atoms with Crippen LogP contribution in [0.3, 0.4) is 0 Å². The molecule has 0 saturated carbocycles. The number of nitrogens with zero attached hydrogens (tertiary/aromatic N) is 1. The number of nitrogens with two attached hydrogens (primary N) is 1.